The van der Waals surface area contributed by atoms with Crippen LogP contribution < -0.4 is 10.1 Å². The van der Waals surface area contributed by atoms with E-state index in [-0.39, 0.29) is 29.4 Å². The van der Waals surface area contributed by atoms with E-state index in [9.17, 15) is 18.0 Å². The molecule has 1 unspecified atom stereocenters. The zero-order chi connectivity index (χ0) is 24.2. The van der Waals surface area contributed by atoms with Crippen molar-refractivity contribution in [2.75, 3.05) is 19.6 Å². The van der Waals surface area contributed by atoms with Gasteiger partial charge in [0, 0.05) is 6.54 Å². The summed E-state index contributed by atoms with van der Waals surface area (Å²) in [6, 6.07) is 11.9. The molecule has 0 radical (unpaired) electrons. The van der Waals surface area contributed by atoms with E-state index < -0.39 is 6.36 Å². The number of carbonyl (C=O) groups is 1. The van der Waals surface area contributed by atoms with Crippen LogP contribution in [0.25, 0.3) is 11.1 Å². The van der Waals surface area contributed by atoms with Crippen molar-refractivity contribution < 1.29 is 27.4 Å². The summed E-state index contributed by atoms with van der Waals surface area (Å²) < 4.78 is 47.4. The summed E-state index contributed by atoms with van der Waals surface area (Å²) in [6.07, 6.45) is 1.22. The van der Waals surface area contributed by atoms with Crippen LogP contribution in [0.1, 0.15) is 49.3 Å². The van der Waals surface area contributed by atoms with Crippen LogP contribution in [-0.2, 0) is 11.2 Å². The van der Waals surface area contributed by atoms with Crippen molar-refractivity contribution in [2.45, 2.75) is 57.0 Å². The molecule has 5 aliphatic rings. The van der Waals surface area contributed by atoms with E-state index in [4.69, 9.17) is 4.74 Å². The monoisotopic (exact) mass is 486 g/mol. The first kappa shape index (κ1) is 22.7. The van der Waals surface area contributed by atoms with Crippen LogP contribution in [0.2, 0.25) is 0 Å². The molecule has 0 aromatic heterocycles. The summed E-state index contributed by atoms with van der Waals surface area (Å²) in [5.41, 5.74) is 4.07. The summed E-state index contributed by atoms with van der Waals surface area (Å²) in [6.45, 7) is 3.01. The number of fused-ring (bicyclic) bond motifs is 4. The maximum atomic E-state index is 13.0. The molecule has 2 atom stereocenters. The van der Waals surface area contributed by atoms with E-state index in [1.54, 1.807) is 12.1 Å². The fraction of sp³-hybridized carbons (Fsp3) is 0.519. The van der Waals surface area contributed by atoms with Gasteiger partial charge in [-0.15, -0.1) is 13.2 Å². The molecule has 2 aliphatic carbocycles. The standard InChI is InChI=1S/C27H29F3N2O3/c28-27(29,30)35-21-5-3-17(4-6-21)20-2-1-18-7-10-26(11-12-26)24(22(18)15-20)31-25(33)34-23-16-32-13-8-19(23)9-14-32/h1-6,15,19,23-24H,7-14,16H2,(H,31,33)/t23-,24?/m0/s1. The number of halogens is 3. The molecule has 1 amide bonds. The molecular formula is C27H29F3N2O3. The highest BCUT2D eigenvalue weighted by Gasteiger charge is 2.53. The van der Waals surface area contributed by atoms with Crippen molar-refractivity contribution in [1.29, 1.82) is 0 Å². The van der Waals surface area contributed by atoms with E-state index in [0.29, 0.717) is 5.92 Å². The van der Waals surface area contributed by atoms with Crippen LogP contribution in [0.15, 0.2) is 42.5 Å². The lowest BCUT2D eigenvalue weighted by atomic mass is 9.76. The number of alkyl halides is 3. The fourth-order valence-corrected chi connectivity index (χ4v) is 6.24. The molecule has 3 heterocycles. The number of aryl methyl sites for hydroxylation is 1. The molecule has 1 saturated carbocycles. The van der Waals surface area contributed by atoms with Gasteiger partial charge in [0.25, 0.3) is 0 Å². The first-order valence-corrected chi connectivity index (χ1v) is 12.5. The Morgan fingerprint density at radius 3 is 2.34 bits per heavy atom. The van der Waals surface area contributed by atoms with Gasteiger partial charge in [-0.3, -0.25) is 4.90 Å². The Morgan fingerprint density at radius 2 is 1.71 bits per heavy atom. The number of alkyl carbamates (subject to hydrolysis) is 1. The van der Waals surface area contributed by atoms with Crippen LogP contribution in [0.5, 0.6) is 5.75 Å². The summed E-state index contributed by atoms with van der Waals surface area (Å²) in [5.74, 6) is 0.210. The minimum atomic E-state index is -4.71. The van der Waals surface area contributed by atoms with Gasteiger partial charge >= 0.3 is 12.5 Å². The van der Waals surface area contributed by atoms with Crippen LogP contribution in [0, 0.1) is 11.3 Å². The molecule has 1 N–H and O–H groups in total. The van der Waals surface area contributed by atoms with Crippen LogP contribution in [-0.4, -0.2) is 43.1 Å². The Bertz CT molecular complexity index is 1110. The molecule has 2 bridgehead atoms. The SMILES string of the molecule is O=C(NC1c2cc(-c3ccc(OC(F)(F)F)cc3)ccc2CCC12CC2)O[C@H]1CN2CCC1CC2. The number of ether oxygens (including phenoxy) is 2. The lowest BCUT2D eigenvalue weighted by molar-refractivity contribution is -0.274. The fourth-order valence-electron chi connectivity index (χ4n) is 6.24. The summed E-state index contributed by atoms with van der Waals surface area (Å²) in [7, 11) is 0. The third-order valence-corrected chi connectivity index (χ3v) is 8.39. The van der Waals surface area contributed by atoms with E-state index in [2.05, 4.69) is 27.1 Å². The lowest BCUT2D eigenvalue weighted by Crippen LogP contribution is -2.53. The molecule has 5 nitrogen and oxygen atoms in total. The first-order valence-electron chi connectivity index (χ1n) is 12.5. The summed E-state index contributed by atoms with van der Waals surface area (Å²) >= 11 is 0. The molecule has 8 heteroatoms. The second kappa shape index (κ2) is 8.43. The molecule has 3 saturated heterocycles. The highest BCUT2D eigenvalue weighted by molar-refractivity contribution is 5.70. The number of hydrogen-bond donors (Lipinski definition) is 1. The van der Waals surface area contributed by atoms with Crippen LogP contribution in [0.3, 0.4) is 0 Å². The minimum Gasteiger partial charge on any atom is -0.445 e. The van der Waals surface area contributed by atoms with Gasteiger partial charge in [-0.25, -0.2) is 4.79 Å². The lowest BCUT2D eigenvalue weighted by Gasteiger charge is -2.44. The third-order valence-electron chi connectivity index (χ3n) is 8.39. The van der Waals surface area contributed by atoms with Gasteiger partial charge in [-0.2, -0.15) is 0 Å². The first-order chi connectivity index (χ1) is 16.8. The molecule has 2 aromatic carbocycles. The number of carbonyl (C=O) groups excluding carboxylic acids is 1. The van der Waals surface area contributed by atoms with E-state index >= 15 is 0 Å². The number of hydrogen-bond acceptors (Lipinski definition) is 4. The van der Waals surface area contributed by atoms with Gasteiger partial charge in [0.2, 0.25) is 0 Å². The van der Waals surface area contributed by atoms with Crippen LogP contribution in [0.4, 0.5) is 18.0 Å². The molecule has 4 fully saturated rings. The number of nitrogens with zero attached hydrogens (tertiary/aromatic N) is 1. The van der Waals surface area contributed by atoms with Crippen molar-refractivity contribution in [1.82, 2.24) is 10.2 Å². The second-order valence-corrected chi connectivity index (χ2v) is 10.5. The number of piperidine rings is 3. The summed E-state index contributed by atoms with van der Waals surface area (Å²) in [5, 5.41) is 3.22. The number of amides is 1. The van der Waals surface area contributed by atoms with Crippen molar-refractivity contribution in [3.63, 3.8) is 0 Å². The second-order valence-electron chi connectivity index (χ2n) is 10.5. The topological polar surface area (TPSA) is 50.8 Å². The Labute approximate surface area is 202 Å². The van der Waals surface area contributed by atoms with Crippen molar-refractivity contribution in [3.05, 3.63) is 53.6 Å². The van der Waals surface area contributed by atoms with Gasteiger partial charge in [0.15, 0.2) is 0 Å². The largest absolute Gasteiger partial charge is 0.573 e. The van der Waals surface area contributed by atoms with Gasteiger partial charge < -0.3 is 14.8 Å². The minimum absolute atomic E-state index is 0.0421. The van der Waals surface area contributed by atoms with Crippen molar-refractivity contribution in [3.8, 4) is 16.9 Å². The van der Waals surface area contributed by atoms with Crippen LogP contribution >= 0.6 is 0 Å². The zero-order valence-corrected chi connectivity index (χ0v) is 19.4. The predicted molar refractivity (Wildman–Crippen MR) is 124 cm³/mol. The molecule has 3 aliphatic heterocycles. The normalized spacial score (nSPS) is 28.3. The van der Waals surface area contributed by atoms with Gasteiger partial charge in [-0.1, -0.05) is 24.3 Å². The highest BCUT2D eigenvalue weighted by Crippen LogP contribution is 2.61. The van der Waals surface area contributed by atoms with Crippen molar-refractivity contribution in [2.24, 2.45) is 11.3 Å². The smallest absolute Gasteiger partial charge is 0.445 e. The molecular weight excluding hydrogens is 457 g/mol. The molecule has 35 heavy (non-hydrogen) atoms. The average molecular weight is 487 g/mol. The highest BCUT2D eigenvalue weighted by atomic mass is 19.4. The molecule has 1 spiro atoms. The molecule has 7 rings (SSSR count). The Kier molecular flexibility index (Phi) is 5.47. The Balaban J connectivity index is 1.22. The molecule has 2 aromatic rings. The Hall–Kier alpha value is -2.74. The van der Waals surface area contributed by atoms with Gasteiger partial charge in [0.05, 0.1) is 6.04 Å². The quantitative estimate of drug-likeness (QED) is 0.590. The zero-order valence-electron chi connectivity index (χ0n) is 19.4. The van der Waals surface area contributed by atoms with Gasteiger partial charge in [-0.05, 0) is 103 Å². The third kappa shape index (κ3) is 4.60. The van der Waals surface area contributed by atoms with E-state index in [1.165, 1.54) is 17.7 Å². The average Bonchev–Trinajstić information content (AvgIpc) is 3.61. The van der Waals surface area contributed by atoms with E-state index in [0.717, 1.165) is 74.8 Å². The Morgan fingerprint density at radius 1 is 1.00 bits per heavy atom. The maximum absolute atomic E-state index is 13.0. The van der Waals surface area contributed by atoms with E-state index in [1.807, 2.05) is 6.07 Å². The maximum Gasteiger partial charge on any atom is 0.573 e. The number of rotatable bonds is 4. The summed E-state index contributed by atoms with van der Waals surface area (Å²) in [4.78, 5) is 15.4. The van der Waals surface area contributed by atoms with Crippen molar-refractivity contribution >= 4 is 6.09 Å². The predicted octanol–water partition coefficient (Wildman–Crippen LogP) is 5.84. The molecule has 186 valence electrons. The number of nitrogens with one attached hydrogen (secondary N) is 1. The number of benzene rings is 2. The van der Waals surface area contributed by atoms with Gasteiger partial charge in [0.1, 0.15) is 11.9 Å².